The van der Waals surface area contributed by atoms with Crippen LogP contribution < -0.4 is 0 Å². The van der Waals surface area contributed by atoms with E-state index in [9.17, 15) is 4.79 Å². The Morgan fingerprint density at radius 3 is 2.59 bits per heavy atom. The summed E-state index contributed by atoms with van der Waals surface area (Å²) in [6, 6.07) is 10.1. The topological polar surface area (TPSA) is 20.3 Å². The Hall–Kier alpha value is -1.83. The van der Waals surface area contributed by atoms with Crippen LogP contribution in [0.2, 0.25) is 0 Å². The maximum absolute atomic E-state index is 12.1. The van der Waals surface area contributed by atoms with E-state index >= 15 is 0 Å². The van der Waals surface area contributed by atoms with Crippen LogP contribution in [-0.2, 0) is 10.3 Å². The molecule has 0 radical (unpaired) electrons. The van der Waals surface area contributed by atoms with Crippen LogP contribution in [0.1, 0.15) is 18.9 Å². The van der Waals surface area contributed by atoms with Crippen molar-refractivity contribution in [2.24, 2.45) is 0 Å². The standard InChI is InChI=1S/C15H17NO/c1-4-8-12-11-15(2,16(3)14(12)17)13-9-6-5-7-10-13/h4-7,9-11H,1,8H2,2-3H3/t15-/m0/s1. The summed E-state index contributed by atoms with van der Waals surface area (Å²) >= 11 is 0. The summed E-state index contributed by atoms with van der Waals surface area (Å²) in [5.41, 5.74) is 1.63. The van der Waals surface area contributed by atoms with Crippen LogP contribution in [0.25, 0.3) is 0 Å². The quantitative estimate of drug-likeness (QED) is 0.727. The average Bonchev–Trinajstić information content (AvgIpc) is 2.57. The first-order valence-electron chi connectivity index (χ1n) is 5.76. The molecule has 0 fully saturated rings. The van der Waals surface area contributed by atoms with E-state index in [1.165, 1.54) is 0 Å². The van der Waals surface area contributed by atoms with E-state index in [1.54, 1.807) is 11.0 Å². The molecule has 88 valence electrons. The summed E-state index contributed by atoms with van der Waals surface area (Å²) in [5.74, 6) is 0.0938. The number of hydrogen-bond donors (Lipinski definition) is 0. The predicted molar refractivity (Wildman–Crippen MR) is 69.5 cm³/mol. The van der Waals surface area contributed by atoms with Gasteiger partial charge in [0.2, 0.25) is 0 Å². The van der Waals surface area contributed by atoms with Crippen molar-refractivity contribution in [2.75, 3.05) is 7.05 Å². The molecule has 0 aliphatic carbocycles. The minimum Gasteiger partial charge on any atom is -0.329 e. The van der Waals surface area contributed by atoms with Gasteiger partial charge >= 0.3 is 0 Å². The van der Waals surface area contributed by atoms with Crippen molar-refractivity contribution in [3.05, 3.63) is 60.2 Å². The van der Waals surface area contributed by atoms with E-state index in [0.29, 0.717) is 6.42 Å². The lowest BCUT2D eigenvalue weighted by atomic mass is 9.91. The molecule has 1 aromatic carbocycles. The van der Waals surface area contributed by atoms with Crippen molar-refractivity contribution >= 4 is 5.91 Å². The molecule has 2 heteroatoms. The summed E-state index contributed by atoms with van der Waals surface area (Å²) in [6.45, 7) is 5.76. The second-order valence-electron chi connectivity index (χ2n) is 4.54. The second kappa shape index (κ2) is 4.21. The van der Waals surface area contributed by atoms with Gasteiger partial charge in [-0.15, -0.1) is 6.58 Å². The highest BCUT2D eigenvalue weighted by Crippen LogP contribution is 2.36. The van der Waals surface area contributed by atoms with Gasteiger partial charge in [0.15, 0.2) is 0 Å². The first kappa shape index (κ1) is 11.6. The van der Waals surface area contributed by atoms with Crippen LogP contribution in [-0.4, -0.2) is 17.9 Å². The number of hydrogen-bond acceptors (Lipinski definition) is 1. The number of likely N-dealkylation sites (N-methyl/N-ethyl adjacent to an activating group) is 1. The van der Waals surface area contributed by atoms with E-state index < -0.39 is 0 Å². The molecule has 1 amide bonds. The Labute approximate surface area is 102 Å². The Bertz CT molecular complexity index is 475. The maximum Gasteiger partial charge on any atom is 0.250 e. The molecule has 0 aromatic heterocycles. The molecule has 1 aliphatic heterocycles. The minimum atomic E-state index is -0.337. The van der Waals surface area contributed by atoms with Crippen molar-refractivity contribution < 1.29 is 4.79 Å². The Kier molecular flexibility index (Phi) is 2.88. The second-order valence-corrected chi connectivity index (χ2v) is 4.54. The van der Waals surface area contributed by atoms with Crippen molar-refractivity contribution in [3.63, 3.8) is 0 Å². The maximum atomic E-state index is 12.1. The molecule has 0 spiro atoms. The van der Waals surface area contributed by atoms with Crippen molar-refractivity contribution in [2.45, 2.75) is 18.9 Å². The van der Waals surface area contributed by atoms with Crippen LogP contribution in [0, 0.1) is 0 Å². The Morgan fingerprint density at radius 1 is 1.35 bits per heavy atom. The first-order valence-corrected chi connectivity index (χ1v) is 5.76. The third-order valence-corrected chi connectivity index (χ3v) is 3.45. The van der Waals surface area contributed by atoms with Crippen LogP contribution in [0.15, 0.2) is 54.6 Å². The summed E-state index contributed by atoms with van der Waals surface area (Å²) in [7, 11) is 1.85. The first-order chi connectivity index (χ1) is 8.09. The van der Waals surface area contributed by atoms with Gasteiger partial charge in [-0.05, 0) is 25.0 Å². The highest BCUT2D eigenvalue weighted by atomic mass is 16.2. The van der Waals surface area contributed by atoms with Crippen molar-refractivity contribution in [3.8, 4) is 0 Å². The van der Waals surface area contributed by atoms with Crippen LogP contribution in [0.3, 0.4) is 0 Å². The lowest BCUT2D eigenvalue weighted by Crippen LogP contribution is -2.38. The van der Waals surface area contributed by atoms with E-state index in [0.717, 1.165) is 11.1 Å². The fourth-order valence-electron chi connectivity index (χ4n) is 2.28. The largest absolute Gasteiger partial charge is 0.329 e. The number of carbonyl (C=O) groups excluding carboxylic acids is 1. The number of allylic oxidation sites excluding steroid dienone is 1. The summed E-state index contributed by atoms with van der Waals surface area (Å²) in [6.07, 6.45) is 4.45. The third kappa shape index (κ3) is 1.80. The SMILES string of the molecule is C=CCC1=C[C@@](C)(c2ccccc2)N(C)C1=O. The fraction of sp³-hybridized carbons (Fsp3) is 0.267. The van der Waals surface area contributed by atoms with E-state index in [4.69, 9.17) is 0 Å². The van der Waals surface area contributed by atoms with Gasteiger partial charge in [0.05, 0.1) is 5.54 Å². The molecule has 1 heterocycles. The van der Waals surface area contributed by atoms with Gasteiger partial charge < -0.3 is 4.90 Å². The Balaban J connectivity index is 2.45. The van der Waals surface area contributed by atoms with E-state index in [-0.39, 0.29) is 11.4 Å². The van der Waals surface area contributed by atoms with Gasteiger partial charge in [-0.25, -0.2) is 0 Å². The molecule has 2 rings (SSSR count). The number of benzene rings is 1. The monoisotopic (exact) mass is 227 g/mol. The van der Waals surface area contributed by atoms with Crippen LogP contribution in [0.4, 0.5) is 0 Å². The van der Waals surface area contributed by atoms with Gasteiger partial charge in [0.25, 0.3) is 5.91 Å². The van der Waals surface area contributed by atoms with Gasteiger partial charge in [0.1, 0.15) is 0 Å². The van der Waals surface area contributed by atoms with Gasteiger partial charge in [-0.2, -0.15) is 0 Å². The van der Waals surface area contributed by atoms with Crippen LogP contribution in [0.5, 0.6) is 0 Å². The van der Waals surface area contributed by atoms with E-state index in [1.807, 2.05) is 31.3 Å². The lowest BCUT2D eigenvalue weighted by Gasteiger charge is -2.32. The Morgan fingerprint density at radius 2 is 2.00 bits per heavy atom. The summed E-state index contributed by atoms with van der Waals surface area (Å²) < 4.78 is 0. The zero-order valence-corrected chi connectivity index (χ0v) is 10.3. The molecular formula is C15H17NO. The number of nitrogens with zero attached hydrogens (tertiary/aromatic N) is 1. The number of amides is 1. The predicted octanol–water partition coefficient (Wildman–Crippen LogP) is 2.88. The molecule has 0 N–H and O–H groups in total. The zero-order valence-electron chi connectivity index (χ0n) is 10.3. The number of carbonyl (C=O) groups is 1. The molecule has 0 bridgehead atoms. The van der Waals surface area contributed by atoms with Gasteiger partial charge in [-0.3, -0.25) is 4.79 Å². The molecule has 1 atom stereocenters. The van der Waals surface area contributed by atoms with Crippen molar-refractivity contribution in [1.82, 2.24) is 4.90 Å². The molecule has 2 nitrogen and oxygen atoms in total. The molecule has 1 aromatic rings. The normalized spacial score (nSPS) is 23.8. The lowest BCUT2D eigenvalue weighted by molar-refractivity contribution is -0.127. The molecule has 0 saturated carbocycles. The molecule has 17 heavy (non-hydrogen) atoms. The highest BCUT2D eigenvalue weighted by molar-refractivity contribution is 5.97. The molecule has 0 saturated heterocycles. The van der Waals surface area contributed by atoms with Crippen molar-refractivity contribution in [1.29, 1.82) is 0 Å². The minimum absolute atomic E-state index is 0.0938. The van der Waals surface area contributed by atoms with Gasteiger partial charge in [0, 0.05) is 12.6 Å². The fourth-order valence-corrected chi connectivity index (χ4v) is 2.28. The molecule has 0 unspecified atom stereocenters. The van der Waals surface area contributed by atoms with Crippen LogP contribution >= 0.6 is 0 Å². The summed E-state index contributed by atoms with van der Waals surface area (Å²) in [5, 5.41) is 0. The van der Waals surface area contributed by atoms with E-state index in [2.05, 4.69) is 25.6 Å². The summed E-state index contributed by atoms with van der Waals surface area (Å²) in [4.78, 5) is 13.9. The molecule has 1 aliphatic rings. The number of rotatable bonds is 3. The zero-order chi connectivity index (χ0) is 12.5. The average molecular weight is 227 g/mol. The molecular weight excluding hydrogens is 210 g/mol. The van der Waals surface area contributed by atoms with Gasteiger partial charge in [-0.1, -0.05) is 36.4 Å². The highest BCUT2D eigenvalue weighted by Gasteiger charge is 2.39. The smallest absolute Gasteiger partial charge is 0.250 e. The third-order valence-electron chi connectivity index (χ3n) is 3.45.